The molecule has 7 heteroatoms. The topological polar surface area (TPSA) is 72.3 Å². The predicted molar refractivity (Wildman–Crippen MR) is 90.1 cm³/mol. The molecule has 2 heterocycles. The summed E-state index contributed by atoms with van der Waals surface area (Å²) in [6, 6.07) is 6.06. The van der Waals surface area contributed by atoms with Gasteiger partial charge in [0.2, 0.25) is 10.0 Å². The molecule has 0 amide bonds. The monoisotopic (exact) mass is 347 g/mol. The first-order chi connectivity index (χ1) is 11.4. The lowest BCUT2D eigenvalue weighted by atomic mass is 10.0. The third kappa shape index (κ3) is 3.14. The van der Waals surface area contributed by atoms with Gasteiger partial charge in [0.15, 0.2) is 5.78 Å². The number of hydrogen-bond acceptors (Lipinski definition) is 4. The van der Waals surface area contributed by atoms with Crippen molar-refractivity contribution in [3.05, 3.63) is 47.8 Å². The van der Waals surface area contributed by atoms with Gasteiger partial charge in [-0.2, -0.15) is 9.40 Å². The molecule has 0 saturated carbocycles. The molecular formula is C17H21N3O3S. The molecule has 3 rings (SSSR count). The molecule has 1 saturated heterocycles. The molecule has 1 aromatic heterocycles. The second-order valence-corrected chi connectivity index (χ2v) is 8.05. The summed E-state index contributed by atoms with van der Waals surface area (Å²) < 4.78 is 29.5. The molecule has 0 N–H and O–H groups in total. The summed E-state index contributed by atoms with van der Waals surface area (Å²) in [4.78, 5) is 11.7. The van der Waals surface area contributed by atoms with Crippen molar-refractivity contribution in [3.63, 3.8) is 0 Å². The van der Waals surface area contributed by atoms with Crippen LogP contribution in [0.3, 0.4) is 0 Å². The number of Topliss-reactive ketones (excluding diaryl/α,β-unsaturated/α-hetero) is 1. The first kappa shape index (κ1) is 16.9. The van der Waals surface area contributed by atoms with Gasteiger partial charge in [-0.25, -0.2) is 8.42 Å². The first-order valence-corrected chi connectivity index (χ1v) is 9.45. The fraction of sp³-hybridized carbons (Fsp3) is 0.412. The van der Waals surface area contributed by atoms with Crippen LogP contribution in [0.1, 0.15) is 48.1 Å². The van der Waals surface area contributed by atoms with Crippen molar-refractivity contribution in [2.75, 3.05) is 6.54 Å². The molecule has 1 fully saturated rings. The number of rotatable bonds is 4. The van der Waals surface area contributed by atoms with Crippen molar-refractivity contribution in [1.29, 1.82) is 0 Å². The van der Waals surface area contributed by atoms with Crippen LogP contribution in [0, 0.1) is 0 Å². The smallest absolute Gasteiger partial charge is 0.243 e. The highest BCUT2D eigenvalue weighted by Crippen LogP contribution is 2.35. The van der Waals surface area contributed by atoms with Gasteiger partial charge in [-0.3, -0.25) is 9.48 Å². The van der Waals surface area contributed by atoms with Crippen LogP contribution < -0.4 is 0 Å². The van der Waals surface area contributed by atoms with Crippen LogP contribution in [-0.2, 0) is 17.1 Å². The van der Waals surface area contributed by atoms with Crippen LogP contribution in [0.25, 0.3) is 0 Å². The van der Waals surface area contributed by atoms with Gasteiger partial charge in [0.05, 0.1) is 17.1 Å². The van der Waals surface area contributed by atoms with E-state index >= 15 is 0 Å². The van der Waals surface area contributed by atoms with Crippen molar-refractivity contribution in [2.24, 2.45) is 7.05 Å². The molecule has 1 aliphatic rings. The zero-order chi connectivity index (χ0) is 17.3. The Morgan fingerprint density at radius 3 is 2.75 bits per heavy atom. The summed E-state index contributed by atoms with van der Waals surface area (Å²) in [7, 11) is -1.84. The Morgan fingerprint density at radius 2 is 2.08 bits per heavy atom. The van der Waals surface area contributed by atoms with Gasteiger partial charge in [0.25, 0.3) is 0 Å². The Morgan fingerprint density at radius 1 is 1.29 bits per heavy atom. The second kappa shape index (κ2) is 6.49. The third-order valence-electron chi connectivity index (χ3n) is 4.41. The number of carbonyl (C=O) groups is 1. The van der Waals surface area contributed by atoms with Crippen molar-refractivity contribution in [1.82, 2.24) is 14.1 Å². The predicted octanol–water partition coefficient (Wildman–Crippen LogP) is 2.54. The van der Waals surface area contributed by atoms with Crippen LogP contribution in [0.2, 0.25) is 0 Å². The Hall–Kier alpha value is -1.99. The van der Waals surface area contributed by atoms with Crippen molar-refractivity contribution >= 4 is 15.8 Å². The molecule has 0 bridgehead atoms. The van der Waals surface area contributed by atoms with Crippen molar-refractivity contribution in [3.8, 4) is 0 Å². The van der Waals surface area contributed by atoms with Gasteiger partial charge < -0.3 is 0 Å². The molecule has 0 radical (unpaired) electrons. The molecule has 6 nitrogen and oxygen atoms in total. The Kier molecular flexibility index (Phi) is 4.56. The van der Waals surface area contributed by atoms with E-state index in [0.717, 1.165) is 24.8 Å². The molecule has 2 aromatic rings. The number of hydrogen-bond donors (Lipinski definition) is 0. The Bertz CT molecular complexity index is 857. The maximum atomic E-state index is 13.1. The summed E-state index contributed by atoms with van der Waals surface area (Å²) in [5, 5.41) is 4.17. The zero-order valence-electron chi connectivity index (χ0n) is 13.8. The van der Waals surface area contributed by atoms with Gasteiger partial charge in [-0.15, -0.1) is 0 Å². The highest BCUT2D eigenvalue weighted by atomic mass is 32.2. The van der Waals surface area contributed by atoms with Gasteiger partial charge >= 0.3 is 0 Å². The summed E-state index contributed by atoms with van der Waals surface area (Å²) in [6.45, 7) is 1.91. The number of sulfonamides is 1. The molecular weight excluding hydrogens is 326 g/mol. The van der Waals surface area contributed by atoms with Gasteiger partial charge in [-0.1, -0.05) is 18.6 Å². The van der Waals surface area contributed by atoms with E-state index < -0.39 is 10.0 Å². The number of nitrogens with zero attached hydrogens (tertiary/aromatic N) is 3. The normalized spacial score (nSPS) is 19.3. The highest BCUT2D eigenvalue weighted by Gasteiger charge is 2.35. The minimum absolute atomic E-state index is 0.144. The number of carbonyl (C=O) groups excluding carboxylic acids is 1. The van der Waals surface area contributed by atoms with E-state index in [0.29, 0.717) is 12.1 Å². The maximum absolute atomic E-state index is 13.1. The van der Waals surface area contributed by atoms with E-state index in [9.17, 15) is 13.2 Å². The molecule has 0 aliphatic carbocycles. The molecule has 1 aliphatic heterocycles. The molecule has 1 aromatic carbocycles. The van der Waals surface area contributed by atoms with Crippen molar-refractivity contribution < 1.29 is 13.2 Å². The van der Waals surface area contributed by atoms with E-state index in [1.807, 2.05) is 13.2 Å². The van der Waals surface area contributed by atoms with Crippen molar-refractivity contribution in [2.45, 2.75) is 37.1 Å². The van der Waals surface area contributed by atoms with E-state index in [4.69, 9.17) is 0 Å². The van der Waals surface area contributed by atoms with Crippen LogP contribution in [0.5, 0.6) is 0 Å². The third-order valence-corrected chi connectivity index (χ3v) is 6.31. The molecule has 0 spiro atoms. The molecule has 1 atom stereocenters. The highest BCUT2D eigenvalue weighted by molar-refractivity contribution is 7.89. The van der Waals surface area contributed by atoms with Gasteiger partial charge in [0.1, 0.15) is 0 Å². The lowest BCUT2D eigenvalue weighted by Gasteiger charge is -2.34. The summed E-state index contributed by atoms with van der Waals surface area (Å²) in [5.41, 5.74) is 1.31. The fourth-order valence-corrected chi connectivity index (χ4v) is 4.88. The fourth-order valence-electron chi connectivity index (χ4n) is 3.15. The summed E-state index contributed by atoms with van der Waals surface area (Å²) >= 11 is 0. The van der Waals surface area contributed by atoms with Crippen LogP contribution >= 0.6 is 0 Å². The summed E-state index contributed by atoms with van der Waals surface area (Å²) in [5.74, 6) is -0.144. The number of benzene rings is 1. The average Bonchev–Trinajstić information content (AvgIpc) is 3.01. The molecule has 128 valence electrons. The lowest BCUT2D eigenvalue weighted by molar-refractivity contribution is 0.101. The first-order valence-electron chi connectivity index (χ1n) is 8.01. The SMILES string of the molecule is CC(=O)c1cccc(S(=O)(=O)N2CCCC[C@H]2c2cnn(C)c2)c1. The minimum atomic E-state index is -3.66. The van der Waals surface area contributed by atoms with E-state index in [1.54, 1.807) is 33.4 Å². The molecule has 24 heavy (non-hydrogen) atoms. The molecule has 0 unspecified atom stereocenters. The average molecular weight is 347 g/mol. The second-order valence-electron chi connectivity index (χ2n) is 6.16. The zero-order valence-corrected chi connectivity index (χ0v) is 14.7. The maximum Gasteiger partial charge on any atom is 0.243 e. The minimum Gasteiger partial charge on any atom is -0.295 e. The van der Waals surface area contributed by atoms with Gasteiger partial charge in [0, 0.05) is 30.9 Å². The quantitative estimate of drug-likeness (QED) is 0.797. The largest absolute Gasteiger partial charge is 0.295 e. The number of piperidine rings is 1. The number of aromatic nitrogens is 2. The van der Waals surface area contributed by atoms with E-state index in [1.165, 1.54) is 13.0 Å². The van der Waals surface area contributed by atoms with Crippen LogP contribution in [-0.4, -0.2) is 34.8 Å². The Balaban J connectivity index is 2.00. The van der Waals surface area contributed by atoms with E-state index in [2.05, 4.69) is 5.10 Å². The summed E-state index contributed by atoms with van der Waals surface area (Å²) in [6.07, 6.45) is 6.19. The number of ketones is 1. The number of aryl methyl sites for hydroxylation is 1. The standard InChI is InChI=1S/C17H21N3O3S/c1-13(21)14-6-5-7-16(10-14)24(22,23)20-9-4-3-8-17(20)15-11-18-19(2)12-15/h5-7,10-12,17H,3-4,8-9H2,1-2H3/t17-/m0/s1. The lowest BCUT2D eigenvalue weighted by Crippen LogP contribution is -2.38. The van der Waals surface area contributed by atoms with Gasteiger partial charge in [-0.05, 0) is 31.9 Å². The Labute approximate surface area is 142 Å². The van der Waals surface area contributed by atoms with Crippen LogP contribution in [0.15, 0.2) is 41.6 Å². The van der Waals surface area contributed by atoms with Crippen LogP contribution in [0.4, 0.5) is 0 Å². The van der Waals surface area contributed by atoms with E-state index in [-0.39, 0.29) is 16.7 Å².